The summed E-state index contributed by atoms with van der Waals surface area (Å²) >= 11 is 0. The average Bonchev–Trinajstić information content (AvgIpc) is 2.91. The van der Waals surface area contributed by atoms with Crippen molar-refractivity contribution >= 4 is 31.3 Å². The fourth-order valence-electron chi connectivity index (χ4n) is 3.50. The summed E-state index contributed by atoms with van der Waals surface area (Å²) in [4.78, 5) is 13.7. The lowest BCUT2D eigenvalue weighted by atomic mass is 9.91. The maximum atomic E-state index is 13.6. The van der Waals surface area contributed by atoms with Gasteiger partial charge in [0.15, 0.2) is 9.84 Å². The van der Waals surface area contributed by atoms with Gasteiger partial charge in [-0.3, -0.25) is 4.79 Å². The van der Waals surface area contributed by atoms with E-state index in [9.17, 15) is 21.6 Å². The number of aromatic nitrogens is 2. The Morgan fingerprint density at radius 2 is 1.66 bits per heavy atom. The quantitative estimate of drug-likeness (QED) is 0.417. The van der Waals surface area contributed by atoms with E-state index < -0.39 is 25.7 Å². The monoisotopic (exact) mass is 482 g/mol. The highest BCUT2D eigenvalue weighted by Crippen LogP contribution is 2.34. The molecule has 0 fully saturated rings. The minimum Gasteiger partial charge on any atom is -0.361 e. The number of allylic oxidation sites excluding steroid dienone is 2. The van der Waals surface area contributed by atoms with Crippen LogP contribution in [0, 0.1) is 13.8 Å². The molecule has 0 aliphatic heterocycles. The molecule has 0 saturated heterocycles. The topological polar surface area (TPSA) is 112 Å². The Bertz CT molecular complexity index is 1310. The Morgan fingerprint density at radius 1 is 1.06 bits per heavy atom. The second-order valence-corrected chi connectivity index (χ2v) is 11.7. The van der Waals surface area contributed by atoms with Gasteiger partial charge < -0.3 is 4.18 Å². The van der Waals surface area contributed by atoms with Crippen molar-refractivity contribution in [3.05, 3.63) is 45.7 Å². The van der Waals surface area contributed by atoms with Crippen LogP contribution in [0.25, 0.3) is 5.57 Å². The Kier molecular flexibility index (Phi) is 7.41. The number of benzene rings is 1. The standard InChI is InChI=1S/C22H30N2O6S2/c1-9-12-32(28,29)30-22-20(16(6)23-24(22)7)21(25)17-10-11-18(31(8,26)27)19(15(17)5)14(4)13(2)3/h10-11H,9,12H2,1-8H3. The maximum absolute atomic E-state index is 13.6. The minimum atomic E-state index is -3.90. The van der Waals surface area contributed by atoms with E-state index in [0.29, 0.717) is 23.2 Å². The molecule has 0 spiro atoms. The van der Waals surface area contributed by atoms with Crippen LogP contribution in [0.1, 0.15) is 66.9 Å². The number of sulfone groups is 1. The third-order valence-electron chi connectivity index (χ3n) is 5.25. The molecule has 0 saturated carbocycles. The summed E-state index contributed by atoms with van der Waals surface area (Å²) in [6, 6.07) is 2.87. The first-order valence-corrected chi connectivity index (χ1v) is 13.6. The Morgan fingerprint density at radius 3 is 2.16 bits per heavy atom. The number of hydrogen-bond acceptors (Lipinski definition) is 7. The number of carbonyl (C=O) groups is 1. The van der Waals surface area contributed by atoms with Gasteiger partial charge in [0.05, 0.1) is 16.3 Å². The summed E-state index contributed by atoms with van der Waals surface area (Å²) < 4.78 is 55.8. The highest BCUT2D eigenvalue weighted by molar-refractivity contribution is 7.90. The summed E-state index contributed by atoms with van der Waals surface area (Å²) in [7, 11) is -5.95. The van der Waals surface area contributed by atoms with Gasteiger partial charge in [-0.05, 0) is 69.9 Å². The van der Waals surface area contributed by atoms with Crippen LogP contribution in [-0.4, -0.2) is 44.4 Å². The highest BCUT2D eigenvalue weighted by Gasteiger charge is 2.29. The molecule has 0 atom stereocenters. The first-order chi connectivity index (χ1) is 14.6. The van der Waals surface area contributed by atoms with E-state index in [1.165, 1.54) is 23.9 Å². The molecule has 8 nitrogen and oxygen atoms in total. The zero-order chi connectivity index (χ0) is 24.6. The van der Waals surface area contributed by atoms with Gasteiger partial charge in [-0.25, -0.2) is 13.1 Å². The number of carbonyl (C=O) groups excluding carboxylic acids is 1. The Balaban J connectivity index is 2.78. The third-order valence-corrected chi connectivity index (χ3v) is 7.71. The number of hydrogen-bond donors (Lipinski definition) is 0. The predicted molar refractivity (Wildman–Crippen MR) is 124 cm³/mol. The maximum Gasteiger partial charge on any atom is 0.310 e. The van der Waals surface area contributed by atoms with Gasteiger partial charge in [0.2, 0.25) is 11.7 Å². The van der Waals surface area contributed by atoms with E-state index in [0.717, 1.165) is 17.4 Å². The van der Waals surface area contributed by atoms with Crippen molar-refractivity contribution in [1.82, 2.24) is 9.78 Å². The van der Waals surface area contributed by atoms with E-state index in [1.807, 2.05) is 20.8 Å². The van der Waals surface area contributed by atoms with Crippen molar-refractivity contribution in [1.29, 1.82) is 0 Å². The molecule has 1 aromatic heterocycles. The summed E-state index contributed by atoms with van der Waals surface area (Å²) in [5, 5.41) is 4.18. The number of rotatable bonds is 8. The van der Waals surface area contributed by atoms with Crippen LogP contribution in [0.15, 0.2) is 22.6 Å². The van der Waals surface area contributed by atoms with Gasteiger partial charge in [-0.1, -0.05) is 12.5 Å². The molecule has 0 N–H and O–H groups in total. The number of ketones is 1. The molecule has 0 bridgehead atoms. The highest BCUT2D eigenvalue weighted by atomic mass is 32.2. The molecule has 10 heteroatoms. The Hall–Kier alpha value is -2.46. The van der Waals surface area contributed by atoms with E-state index >= 15 is 0 Å². The van der Waals surface area contributed by atoms with E-state index in [1.54, 1.807) is 20.8 Å². The molecule has 2 rings (SSSR count). The number of nitrogens with zero attached hydrogens (tertiary/aromatic N) is 2. The molecule has 0 radical (unpaired) electrons. The van der Waals surface area contributed by atoms with Crippen molar-refractivity contribution in [2.45, 2.75) is 52.9 Å². The zero-order valence-corrected chi connectivity index (χ0v) is 21.4. The molecular formula is C22H30N2O6S2. The minimum absolute atomic E-state index is 0.0307. The SMILES string of the molecule is CCCS(=O)(=O)Oc1c(C(=O)c2ccc(S(C)(=O)=O)c(C(C)=C(C)C)c2C)c(C)nn1C. The van der Waals surface area contributed by atoms with Crippen molar-refractivity contribution in [2.24, 2.45) is 7.05 Å². The van der Waals surface area contributed by atoms with Gasteiger partial charge in [0.25, 0.3) is 0 Å². The molecule has 1 aromatic carbocycles. The summed E-state index contributed by atoms with van der Waals surface area (Å²) in [5.74, 6) is -0.845. The van der Waals surface area contributed by atoms with Crippen LogP contribution in [0.5, 0.6) is 5.88 Å². The summed E-state index contributed by atoms with van der Waals surface area (Å²) in [6.45, 7) is 10.5. The second kappa shape index (κ2) is 9.19. The van der Waals surface area contributed by atoms with Crippen LogP contribution in [-0.2, 0) is 27.0 Å². The molecule has 0 aliphatic carbocycles. The molecule has 0 aliphatic rings. The lowest BCUT2D eigenvalue weighted by Gasteiger charge is -2.17. The zero-order valence-electron chi connectivity index (χ0n) is 19.7. The second-order valence-electron chi connectivity index (χ2n) is 8.07. The molecule has 176 valence electrons. The number of aryl methyl sites for hydroxylation is 2. The van der Waals surface area contributed by atoms with Crippen LogP contribution in [0.3, 0.4) is 0 Å². The summed E-state index contributed by atoms with van der Waals surface area (Å²) in [6.07, 6.45) is 1.49. The normalized spacial score (nSPS) is 12.0. The van der Waals surface area contributed by atoms with Crippen LogP contribution in [0.4, 0.5) is 0 Å². The van der Waals surface area contributed by atoms with Crippen LogP contribution < -0.4 is 4.18 Å². The van der Waals surface area contributed by atoms with Gasteiger partial charge >= 0.3 is 10.1 Å². The summed E-state index contributed by atoms with van der Waals surface area (Å²) in [5.41, 5.74) is 3.22. The fraction of sp³-hybridized carbons (Fsp3) is 0.455. The Labute approximate surface area is 190 Å². The molecule has 32 heavy (non-hydrogen) atoms. The molecule has 2 aromatic rings. The first kappa shape index (κ1) is 25.8. The molecule has 1 heterocycles. The third kappa shape index (κ3) is 5.12. The average molecular weight is 483 g/mol. The van der Waals surface area contributed by atoms with E-state index in [2.05, 4.69) is 5.10 Å². The molecule has 0 amide bonds. The van der Waals surface area contributed by atoms with Crippen LogP contribution in [0.2, 0.25) is 0 Å². The molecule has 0 unspecified atom stereocenters. The van der Waals surface area contributed by atoms with Gasteiger partial charge in [0.1, 0.15) is 5.56 Å². The molecular weight excluding hydrogens is 452 g/mol. The predicted octanol–water partition coefficient (Wildman–Crippen LogP) is 3.60. The van der Waals surface area contributed by atoms with E-state index in [-0.39, 0.29) is 27.7 Å². The lowest BCUT2D eigenvalue weighted by Crippen LogP contribution is -2.17. The van der Waals surface area contributed by atoms with E-state index in [4.69, 9.17) is 4.18 Å². The smallest absolute Gasteiger partial charge is 0.310 e. The van der Waals surface area contributed by atoms with Gasteiger partial charge in [-0.2, -0.15) is 13.5 Å². The fourth-order valence-corrected chi connectivity index (χ4v) is 5.51. The van der Waals surface area contributed by atoms with Crippen molar-refractivity contribution in [3.8, 4) is 5.88 Å². The van der Waals surface area contributed by atoms with Crippen molar-refractivity contribution in [2.75, 3.05) is 12.0 Å². The largest absolute Gasteiger partial charge is 0.361 e. The van der Waals surface area contributed by atoms with Gasteiger partial charge in [-0.15, -0.1) is 0 Å². The lowest BCUT2D eigenvalue weighted by molar-refractivity contribution is 0.103. The van der Waals surface area contributed by atoms with Crippen LogP contribution >= 0.6 is 0 Å². The van der Waals surface area contributed by atoms with Gasteiger partial charge in [0, 0.05) is 18.9 Å². The van der Waals surface area contributed by atoms with Crippen molar-refractivity contribution in [3.63, 3.8) is 0 Å². The first-order valence-electron chi connectivity index (χ1n) is 10.1. The van der Waals surface area contributed by atoms with Crippen molar-refractivity contribution < 1.29 is 25.8 Å².